The maximum absolute atomic E-state index is 13.0. The molecule has 0 aliphatic carbocycles. The molecule has 3 heterocycles. The number of hydrogen-bond acceptors (Lipinski definition) is 5. The minimum Gasteiger partial charge on any atom is -0.378 e. The second kappa shape index (κ2) is 7.37. The van der Waals surface area contributed by atoms with Crippen molar-refractivity contribution in [1.82, 2.24) is 9.88 Å². The Morgan fingerprint density at radius 3 is 2.88 bits per heavy atom. The van der Waals surface area contributed by atoms with Gasteiger partial charge < -0.3 is 19.7 Å². The average molecular weight is 341 g/mol. The fourth-order valence-corrected chi connectivity index (χ4v) is 3.40. The van der Waals surface area contributed by atoms with Crippen molar-refractivity contribution in [2.24, 2.45) is 0 Å². The summed E-state index contributed by atoms with van der Waals surface area (Å²) in [6.07, 6.45) is 2.41. The van der Waals surface area contributed by atoms with Crippen molar-refractivity contribution >= 4 is 22.6 Å². The summed E-state index contributed by atoms with van der Waals surface area (Å²) in [4.78, 5) is 19.5. The first-order chi connectivity index (χ1) is 12.3. The van der Waals surface area contributed by atoms with Crippen LogP contribution in [0.25, 0.3) is 10.9 Å². The zero-order valence-electron chi connectivity index (χ0n) is 14.2. The van der Waals surface area contributed by atoms with Crippen molar-refractivity contribution in [3.05, 3.63) is 35.9 Å². The lowest BCUT2D eigenvalue weighted by Gasteiger charge is -2.27. The lowest BCUT2D eigenvalue weighted by molar-refractivity contribution is 0.0304. The smallest absolute Gasteiger partial charge is 0.254 e. The molecule has 6 heteroatoms. The van der Waals surface area contributed by atoms with Crippen LogP contribution in [0.3, 0.4) is 0 Å². The Labute approximate surface area is 147 Å². The Morgan fingerprint density at radius 2 is 2.08 bits per heavy atom. The Hall–Kier alpha value is -2.18. The highest BCUT2D eigenvalue weighted by Crippen LogP contribution is 2.23. The van der Waals surface area contributed by atoms with Gasteiger partial charge in [0.25, 0.3) is 5.91 Å². The molecule has 1 aromatic heterocycles. The first-order valence-corrected chi connectivity index (χ1v) is 8.93. The van der Waals surface area contributed by atoms with Crippen molar-refractivity contribution in [2.75, 3.05) is 44.8 Å². The summed E-state index contributed by atoms with van der Waals surface area (Å²) >= 11 is 0. The lowest BCUT2D eigenvalue weighted by Crippen LogP contribution is -2.40. The summed E-state index contributed by atoms with van der Waals surface area (Å²) in [5, 5.41) is 4.24. The number of carbonyl (C=O) groups excluding carboxylic acids is 1. The van der Waals surface area contributed by atoms with Gasteiger partial charge in [-0.25, -0.2) is 4.98 Å². The third-order valence-electron chi connectivity index (χ3n) is 4.78. The number of hydrogen-bond donors (Lipinski definition) is 1. The molecule has 2 aliphatic rings. The molecule has 0 radical (unpaired) electrons. The molecule has 2 saturated heterocycles. The Balaban J connectivity index is 1.62. The van der Waals surface area contributed by atoms with Crippen LogP contribution in [0.2, 0.25) is 0 Å². The van der Waals surface area contributed by atoms with Gasteiger partial charge in [-0.05, 0) is 25.0 Å². The maximum Gasteiger partial charge on any atom is 0.254 e. The number of carbonyl (C=O) groups is 1. The van der Waals surface area contributed by atoms with Gasteiger partial charge in [0.2, 0.25) is 0 Å². The van der Waals surface area contributed by atoms with Gasteiger partial charge in [-0.3, -0.25) is 4.79 Å². The quantitative estimate of drug-likeness (QED) is 0.924. The molecule has 0 spiro atoms. The average Bonchev–Trinajstić information content (AvgIpc) is 3.19. The topological polar surface area (TPSA) is 63.7 Å². The van der Waals surface area contributed by atoms with E-state index in [9.17, 15) is 4.79 Å². The number of nitrogens with one attached hydrogen (secondary N) is 1. The predicted molar refractivity (Wildman–Crippen MR) is 95.9 cm³/mol. The van der Waals surface area contributed by atoms with E-state index in [0.29, 0.717) is 31.9 Å². The molecule has 2 aromatic rings. The highest BCUT2D eigenvalue weighted by atomic mass is 16.5. The number of morpholine rings is 1. The number of fused-ring (bicyclic) bond motifs is 1. The van der Waals surface area contributed by atoms with Gasteiger partial charge in [0.15, 0.2) is 0 Å². The first-order valence-electron chi connectivity index (χ1n) is 8.93. The fraction of sp³-hybridized carbons (Fsp3) is 0.474. The van der Waals surface area contributed by atoms with Gasteiger partial charge in [0.05, 0.1) is 30.4 Å². The molecule has 4 rings (SSSR count). The van der Waals surface area contributed by atoms with Crippen LogP contribution in [0.5, 0.6) is 0 Å². The summed E-state index contributed by atoms with van der Waals surface area (Å²) in [6.45, 7) is 4.01. The Morgan fingerprint density at radius 1 is 1.24 bits per heavy atom. The number of benzene rings is 1. The molecule has 1 N–H and O–H groups in total. The van der Waals surface area contributed by atoms with Crippen molar-refractivity contribution in [3.8, 4) is 0 Å². The molecule has 25 heavy (non-hydrogen) atoms. The second-order valence-corrected chi connectivity index (χ2v) is 6.49. The zero-order chi connectivity index (χ0) is 17.1. The molecule has 0 bridgehead atoms. The van der Waals surface area contributed by atoms with E-state index in [1.54, 1.807) is 0 Å². The van der Waals surface area contributed by atoms with E-state index >= 15 is 0 Å². The molecule has 1 unspecified atom stereocenters. The minimum absolute atomic E-state index is 0.0436. The van der Waals surface area contributed by atoms with Crippen LogP contribution in [0.1, 0.15) is 23.2 Å². The van der Waals surface area contributed by atoms with Crippen LogP contribution in [-0.4, -0.2) is 61.3 Å². The maximum atomic E-state index is 13.0. The lowest BCUT2D eigenvalue weighted by atomic mass is 10.1. The van der Waals surface area contributed by atoms with Gasteiger partial charge in [0.1, 0.15) is 5.82 Å². The van der Waals surface area contributed by atoms with Gasteiger partial charge in [-0.2, -0.15) is 0 Å². The van der Waals surface area contributed by atoms with Gasteiger partial charge >= 0.3 is 0 Å². The number of ether oxygens (including phenoxy) is 2. The normalized spacial score (nSPS) is 20.8. The molecule has 2 fully saturated rings. The fourth-order valence-electron chi connectivity index (χ4n) is 3.40. The van der Waals surface area contributed by atoms with Crippen LogP contribution in [0, 0.1) is 0 Å². The predicted octanol–water partition coefficient (Wildman–Crippen LogP) is 2.30. The van der Waals surface area contributed by atoms with Crippen molar-refractivity contribution < 1.29 is 14.3 Å². The first kappa shape index (κ1) is 16.3. The van der Waals surface area contributed by atoms with Gasteiger partial charge in [-0.15, -0.1) is 0 Å². The number of para-hydroxylation sites is 1. The molecular formula is C19H23N3O3. The molecule has 132 valence electrons. The molecule has 1 atom stereocenters. The van der Waals surface area contributed by atoms with E-state index in [1.807, 2.05) is 35.2 Å². The summed E-state index contributed by atoms with van der Waals surface area (Å²) < 4.78 is 11.0. The monoisotopic (exact) mass is 341 g/mol. The van der Waals surface area contributed by atoms with Crippen molar-refractivity contribution in [3.63, 3.8) is 0 Å². The number of pyridine rings is 1. The molecule has 2 aliphatic heterocycles. The number of nitrogens with zero attached hydrogens (tertiary/aromatic N) is 2. The van der Waals surface area contributed by atoms with Crippen LogP contribution in [0.15, 0.2) is 30.3 Å². The van der Waals surface area contributed by atoms with Crippen LogP contribution < -0.4 is 5.32 Å². The Bertz CT molecular complexity index is 753. The SMILES string of the molecule is O=C(c1cc(NCC2CCCO2)nc2ccccc12)N1CCOCC1. The third-order valence-corrected chi connectivity index (χ3v) is 4.78. The standard InChI is InChI=1S/C19H23N3O3/c23-19(22-7-10-24-11-8-22)16-12-18(20-13-14-4-3-9-25-14)21-17-6-2-1-5-15(16)17/h1-2,5-6,12,14H,3-4,7-11,13H2,(H,20,21). The number of amides is 1. The summed E-state index contributed by atoms with van der Waals surface area (Å²) in [5.74, 6) is 0.771. The van der Waals surface area contributed by atoms with E-state index < -0.39 is 0 Å². The van der Waals surface area contributed by atoms with Crippen LogP contribution in [0.4, 0.5) is 5.82 Å². The van der Waals surface area contributed by atoms with E-state index in [2.05, 4.69) is 10.3 Å². The summed E-state index contributed by atoms with van der Waals surface area (Å²) in [7, 11) is 0. The van der Waals surface area contributed by atoms with Gasteiger partial charge in [-0.1, -0.05) is 18.2 Å². The van der Waals surface area contributed by atoms with Crippen LogP contribution in [-0.2, 0) is 9.47 Å². The highest BCUT2D eigenvalue weighted by molar-refractivity contribution is 6.07. The van der Waals surface area contributed by atoms with Crippen LogP contribution >= 0.6 is 0 Å². The van der Waals surface area contributed by atoms with Crippen molar-refractivity contribution in [2.45, 2.75) is 18.9 Å². The summed E-state index contributed by atoms with van der Waals surface area (Å²) in [6, 6.07) is 9.67. The van der Waals surface area contributed by atoms with E-state index in [0.717, 1.165) is 42.7 Å². The van der Waals surface area contributed by atoms with E-state index in [-0.39, 0.29) is 12.0 Å². The molecule has 0 saturated carbocycles. The number of aromatic nitrogens is 1. The van der Waals surface area contributed by atoms with E-state index in [1.165, 1.54) is 0 Å². The summed E-state index contributed by atoms with van der Waals surface area (Å²) in [5.41, 5.74) is 1.53. The Kier molecular flexibility index (Phi) is 4.81. The molecule has 6 nitrogen and oxygen atoms in total. The number of anilines is 1. The molecular weight excluding hydrogens is 318 g/mol. The van der Waals surface area contributed by atoms with E-state index in [4.69, 9.17) is 9.47 Å². The van der Waals surface area contributed by atoms with Crippen molar-refractivity contribution in [1.29, 1.82) is 0 Å². The minimum atomic E-state index is 0.0436. The number of rotatable bonds is 4. The molecule has 1 amide bonds. The third kappa shape index (κ3) is 3.60. The largest absolute Gasteiger partial charge is 0.378 e. The highest BCUT2D eigenvalue weighted by Gasteiger charge is 2.22. The second-order valence-electron chi connectivity index (χ2n) is 6.49. The molecule has 1 aromatic carbocycles. The van der Waals surface area contributed by atoms with Gasteiger partial charge in [0, 0.05) is 31.6 Å². The zero-order valence-corrected chi connectivity index (χ0v) is 14.2.